The molecule has 0 bridgehead atoms. The summed E-state index contributed by atoms with van der Waals surface area (Å²) in [6, 6.07) is 0.949. The maximum atomic E-state index is 11.9. The number of carbonyl (C=O) groups is 1. The number of rotatable bonds is 2. The van der Waals surface area contributed by atoms with Crippen molar-refractivity contribution in [2.75, 3.05) is 0 Å². The number of hydrogen-bond donors (Lipinski definition) is 1. The Labute approximate surface area is 112 Å². The van der Waals surface area contributed by atoms with Gasteiger partial charge in [-0.15, -0.1) is 0 Å². The first-order chi connectivity index (χ1) is 6.70. The number of esters is 1. The molecule has 0 saturated carbocycles. The quantitative estimate of drug-likeness (QED) is 0.261. The second kappa shape index (κ2) is 6.78. The molecule has 0 rings (SSSR count). The van der Waals surface area contributed by atoms with E-state index in [2.05, 4.69) is 4.74 Å². The number of nitrogens with zero attached hydrogens (tertiary/aromatic N) is 1. The van der Waals surface area contributed by atoms with Crippen molar-refractivity contribution in [3.63, 3.8) is 0 Å². The van der Waals surface area contributed by atoms with Gasteiger partial charge in [0.15, 0.2) is 5.57 Å². The van der Waals surface area contributed by atoms with Crippen molar-refractivity contribution in [1.82, 2.24) is 0 Å². The summed E-state index contributed by atoms with van der Waals surface area (Å²) in [4.78, 5) is 10.9. The van der Waals surface area contributed by atoms with Gasteiger partial charge in [-0.3, -0.25) is 0 Å². The van der Waals surface area contributed by atoms with Crippen molar-refractivity contribution >= 4 is 35.5 Å². The minimum absolute atomic E-state index is 0. The van der Waals surface area contributed by atoms with E-state index in [0.29, 0.717) is 0 Å². The van der Waals surface area contributed by atoms with E-state index in [1.165, 1.54) is 13.8 Å². The van der Waals surface area contributed by atoms with E-state index in [-0.39, 0.29) is 29.6 Å². The number of aliphatic hydroxyl groups is 1. The number of ether oxygens (including phenoxy) is 1. The van der Waals surface area contributed by atoms with Crippen LogP contribution >= 0.6 is 0 Å². The summed E-state index contributed by atoms with van der Waals surface area (Å²) in [5, 5.41) is 16.8. The van der Waals surface area contributed by atoms with Gasteiger partial charge in [0.25, 0.3) is 0 Å². The Morgan fingerprint density at radius 2 is 1.88 bits per heavy atom. The van der Waals surface area contributed by atoms with E-state index in [9.17, 15) is 18.0 Å². The van der Waals surface area contributed by atoms with Crippen LogP contribution in [-0.4, -0.2) is 52.9 Å². The Bertz CT molecular complexity index is 330. The first kappa shape index (κ1) is 17.7. The van der Waals surface area contributed by atoms with Gasteiger partial charge in [-0.05, 0) is 13.8 Å². The molecular weight excluding hydrogens is 238 g/mol. The van der Waals surface area contributed by atoms with Crippen LogP contribution in [0.25, 0.3) is 0 Å². The second-order valence-corrected chi connectivity index (χ2v) is 2.79. The molecule has 0 aromatic heterocycles. The van der Waals surface area contributed by atoms with Crippen molar-refractivity contribution in [1.29, 1.82) is 5.26 Å². The van der Waals surface area contributed by atoms with Crippen molar-refractivity contribution in [2.45, 2.75) is 26.1 Å². The van der Waals surface area contributed by atoms with Crippen LogP contribution in [-0.2, 0) is 9.53 Å². The van der Waals surface area contributed by atoms with Crippen LogP contribution in [0, 0.1) is 11.3 Å². The summed E-state index contributed by atoms with van der Waals surface area (Å²) in [6.07, 6.45) is -5.82. The minimum atomic E-state index is -5.14. The van der Waals surface area contributed by atoms with Crippen molar-refractivity contribution < 1.29 is 27.8 Å². The van der Waals surface area contributed by atoms with Gasteiger partial charge in [-0.25, -0.2) is 4.79 Å². The van der Waals surface area contributed by atoms with Gasteiger partial charge < -0.3 is 9.84 Å². The van der Waals surface area contributed by atoms with Crippen LogP contribution in [0.5, 0.6) is 0 Å². The van der Waals surface area contributed by atoms with Gasteiger partial charge in [-0.2, -0.15) is 18.4 Å². The molecule has 0 amide bonds. The molecule has 0 radical (unpaired) electrons. The topological polar surface area (TPSA) is 70.3 Å². The predicted molar refractivity (Wildman–Crippen MR) is 49.7 cm³/mol. The van der Waals surface area contributed by atoms with Gasteiger partial charge >= 0.3 is 41.7 Å². The number of carbonyl (C=O) groups excluding carboxylic acids is 1. The van der Waals surface area contributed by atoms with Gasteiger partial charge in [0.05, 0.1) is 6.10 Å². The average Bonchev–Trinajstić information content (AvgIpc) is 2.01. The molecule has 0 aromatic carbocycles. The van der Waals surface area contributed by atoms with Gasteiger partial charge in [-0.1, -0.05) is 0 Å². The molecule has 0 fully saturated rings. The monoisotopic (exact) mass is 247 g/mol. The third-order valence-corrected chi connectivity index (χ3v) is 1.16. The molecule has 0 atom stereocenters. The Balaban J connectivity index is 0. The van der Waals surface area contributed by atoms with E-state index in [1.54, 1.807) is 0 Å². The fourth-order valence-corrected chi connectivity index (χ4v) is 0.610. The van der Waals surface area contributed by atoms with Crippen molar-refractivity contribution in [3.8, 4) is 6.07 Å². The Morgan fingerprint density at radius 3 is 2.12 bits per heavy atom. The number of aliphatic hydroxyl groups excluding tert-OH is 1. The third kappa shape index (κ3) is 5.39. The number of alkyl halides is 3. The zero-order chi connectivity index (χ0) is 12.2. The summed E-state index contributed by atoms with van der Waals surface area (Å²) in [5.74, 6) is -3.74. The number of nitriles is 1. The predicted octanol–water partition coefficient (Wildman–Crippen LogP) is 1.19. The summed E-state index contributed by atoms with van der Waals surface area (Å²) in [5.41, 5.74) is -1.45. The summed E-state index contributed by atoms with van der Waals surface area (Å²) in [7, 11) is 0. The van der Waals surface area contributed by atoms with E-state index in [4.69, 9.17) is 10.4 Å². The van der Waals surface area contributed by atoms with Crippen LogP contribution in [0.3, 0.4) is 0 Å². The molecule has 0 aromatic rings. The molecule has 1 N–H and O–H groups in total. The molecule has 86 valence electrons. The molecule has 0 aliphatic heterocycles. The molecule has 0 spiro atoms. The molecule has 8 heteroatoms. The summed E-state index contributed by atoms with van der Waals surface area (Å²) >= 11 is 0. The van der Waals surface area contributed by atoms with Gasteiger partial charge in [0, 0.05) is 0 Å². The zero-order valence-corrected chi connectivity index (χ0v) is 7.92. The third-order valence-electron chi connectivity index (χ3n) is 1.16. The normalized spacial score (nSPS) is 12.3. The van der Waals surface area contributed by atoms with E-state index in [0.717, 1.165) is 6.07 Å². The van der Waals surface area contributed by atoms with E-state index >= 15 is 0 Å². The summed E-state index contributed by atoms with van der Waals surface area (Å²) in [6.45, 7) is 2.80. The Morgan fingerprint density at radius 1 is 1.44 bits per heavy atom. The van der Waals surface area contributed by atoms with Crippen LogP contribution in [0.4, 0.5) is 13.2 Å². The standard InChI is InChI=1S/C8H8F3NO3.Na.H/c1-4(2)15-7(14)5(3-12)6(13)8(9,10)11;;/h4,13H,1-2H3;;. The van der Waals surface area contributed by atoms with E-state index in [1.807, 2.05) is 0 Å². The van der Waals surface area contributed by atoms with Crippen LogP contribution in [0.2, 0.25) is 0 Å². The number of allylic oxidation sites excluding steroid dienone is 1. The van der Waals surface area contributed by atoms with Crippen molar-refractivity contribution in [3.05, 3.63) is 11.3 Å². The Hall–Kier alpha value is -0.710. The van der Waals surface area contributed by atoms with Gasteiger partial charge in [0.2, 0.25) is 5.76 Å². The SMILES string of the molecule is CC(C)OC(=O)C(C#N)=C(O)C(F)(F)F.[NaH]. The molecular formula is C8H9F3NNaO3. The van der Waals surface area contributed by atoms with Crippen LogP contribution < -0.4 is 0 Å². The zero-order valence-electron chi connectivity index (χ0n) is 7.92. The molecule has 16 heavy (non-hydrogen) atoms. The number of halogens is 3. The van der Waals surface area contributed by atoms with Gasteiger partial charge in [0.1, 0.15) is 6.07 Å². The number of hydrogen-bond acceptors (Lipinski definition) is 4. The fourth-order valence-electron chi connectivity index (χ4n) is 0.610. The first-order valence-electron chi connectivity index (χ1n) is 3.81. The van der Waals surface area contributed by atoms with E-state index < -0.39 is 29.6 Å². The molecule has 0 aliphatic rings. The average molecular weight is 247 g/mol. The van der Waals surface area contributed by atoms with Crippen LogP contribution in [0.1, 0.15) is 13.8 Å². The molecule has 0 saturated heterocycles. The Kier molecular flexibility index (Phi) is 7.49. The molecule has 4 nitrogen and oxygen atoms in total. The maximum absolute atomic E-state index is 11.9. The van der Waals surface area contributed by atoms with Crippen molar-refractivity contribution in [2.24, 2.45) is 0 Å². The molecule has 0 unspecified atom stereocenters. The fraction of sp³-hybridized carbons (Fsp3) is 0.500. The summed E-state index contributed by atoms with van der Waals surface area (Å²) < 4.78 is 40.1. The second-order valence-electron chi connectivity index (χ2n) is 2.79. The molecule has 0 heterocycles. The first-order valence-corrected chi connectivity index (χ1v) is 3.81. The van der Waals surface area contributed by atoms with Crippen LogP contribution in [0.15, 0.2) is 11.3 Å². The molecule has 0 aliphatic carbocycles.